The molecular formula is C24H35NO2. The molecule has 0 saturated heterocycles. The topological polar surface area (TPSA) is 30.5 Å². The van der Waals surface area contributed by atoms with Crippen molar-refractivity contribution in [1.29, 1.82) is 0 Å². The summed E-state index contributed by atoms with van der Waals surface area (Å²) in [6, 6.07) is 16.5. The minimum atomic E-state index is 0.655. The fourth-order valence-corrected chi connectivity index (χ4v) is 2.78. The molecular weight excluding hydrogens is 334 g/mol. The molecule has 2 aromatic rings. The van der Waals surface area contributed by atoms with Crippen LogP contribution in [0.4, 0.5) is 5.69 Å². The second-order valence-corrected chi connectivity index (χ2v) is 7.43. The molecule has 0 amide bonds. The van der Waals surface area contributed by atoms with E-state index in [9.17, 15) is 0 Å². The second-order valence-electron chi connectivity index (χ2n) is 7.43. The van der Waals surface area contributed by atoms with Gasteiger partial charge in [-0.25, -0.2) is 0 Å². The van der Waals surface area contributed by atoms with Crippen LogP contribution in [0, 0.1) is 5.92 Å². The van der Waals surface area contributed by atoms with Crippen LogP contribution in [0.1, 0.15) is 58.4 Å². The number of rotatable bonds is 13. The Hall–Kier alpha value is -2.16. The fraction of sp³-hybridized carbons (Fsp3) is 0.500. The summed E-state index contributed by atoms with van der Waals surface area (Å²) in [5.41, 5.74) is 2.27. The van der Waals surface area contributed by atoms with E-state index in [0.29, 0.717) is 5.92 Å². The summed E-state index contributed by atoms with van der Waals surface area (Å²) in [5, 5.41) is 3.48. The number of anilines is 1. The lowest BCUT2D eigenvalue weighted by Crippen LogP contribution is -2.06. The lowest BCUT2D eigenvalue weighted by Gasteiger charge is -2.14. The van der Waals surface area contributed by atoms with Crippen molar-refractivity contribution in [3.05, 3.63) is 54.1 Å². The molecule has 0 aliphatic heterocycles. The van der Waals surface area contributed by atoms with Crippen LogP contribution in [0.3, 0.4) is 0 Å². The third kappa shape index (κ3) is 8.38. The normalized spacial score (nSPS) is 10.8. The van der Waals surface area contributed by atoms with Crippen molar-refractivity contribution in [1.82, 2.24) is 0 Å². The van der Waals surface area contributed by atoms with Crippen LogP contribution in [0.5, 0.6) is 11.5 Å². The summed E-state index contributed by atoms with van der Waals surface area (Å²) >= 11 is 0. The van der Waals surface area contributed by atoms with Gasteiger partial charge in [-0.3, -0.25) is 0 Å². The van der Waals surface area contributed by atoms with Crippen molar-refractivity contribution >= 4 is 5.69 Å². The van der Waals surface area contributed by atoms with E-state index in [1.165, 1.54) is 24.8 Å². The molecule has 0 unspecified atom stereocenters. The molecule has 27 heavy (non-hydrogen) atoms. The van der Waals surface area contributed by atoms with E-state index < -0.39 is 0 Å². The average Bonchev–Trinajstić information content (AvgIpc) is 2.68. The summed E-state index contributed by atoms with van der Waals surface area (Å²) in [4.78, 5) is 0. The van der Waals surface area contributed by atoms with Crippen LogP contribution in [-0.2, 0) is 6.54 Å². The Morgan fingerprint density at radius 3 is 2.37 bits per heavy atom. The molecule has 3 heteroatoms. The van der Waals surface area contributed by atoms with Crippen molar-refractivity contribution in [2.45, 2.75) is 59.4 Å². The first-order valence-corrected chi connectivity index (χ1v) is 10.4. The first kappa shape index (κ1) is 21.1. The lowest BCUT2D eigenvalue weighted by molar-refractivity contribution is 0.287. The van der Waals surface area contributed by atoms with Crippen LogP contribution in [0.15, 0.2) is 48.5 Å². The quantitative estimate of drug-likeness (QED) is 0.399. The number of benzene rings is 2. The number of para-hydroxylation sites is 1. The van der Waals surface area contributed by atoms with E-state index >= 15 is 0 Å². The minimum Gasteiger partial charge on any atom is -0.494 e. The maximum atomic E-state index is 5.97. The zero-order valence-electron chi connectivity index (χ0n) is 17.2. The molecule has 0 aliphatic rings. The Balaban J connectivity index is 1.79. The summed E-state index contributed by atoms with van der Waals surface area (Å²) < 4.78 is 11.8. The van der Waals surface area contributed by atoms with Crippen molar-refractivity contribution in [3.8, 4) is 11.5 Å². The zero-order valence-corrected chi connectivity index (χ0v) is 17.2. The number of hydrogen-bond donors (Lipinski definition) is 1. The maximum absolute atomic E-state index is 5.97. The van der Waals surface area contributed by atoms with E-state index in [1.807, 2.05) is 24.3 Å². The molecule has 0 atom stereocenters. The molecule has 0 heterocycles. The van der Waals surface area contributed by atoms with Gasteiger partial charge in [0.05, 0.1) is 13.2 Å². The summed E-state index contributed by atoms with van der Waals surface area (Å²) in [5.74, 6) is 2.56. The van der Waals surface area contributed by atoms with Gasteiger partial charge in [0.25, 0.3) is 0 Å². The van der Waals surface area contributed by atoms with E-state index in [-0.39, 0.29) is 0 Å². The molecule has 2 rings (SSSR count). The molecule has 3 nitrogen and oxygen atoms in total. The smallest absolute Gasteiger partial charge is 0.124 e. The molecule has 0 spiro atoms. The Kier molecular flexibility index (Phi) is 9.61. The van der Waals surface area contributed by atoms with E-state index in [1.54, 1.807) is 0 Å². The Morgan fingerprint density at radius 2 is 1.63 bits per heavy atom. The monoisotopic (exact) mass is 369 g/mol. The largest absolute Gasteiger partial charge is 0.494 e. The third-order valence-corrected chi connectivity index (χ3v) is 4.53. The molecule has 1 N–H and O–H groups in total. The van der Waals surface area contributed by atoms with Gasteiger partial charge >= 0.3 is 0 Å². The van der Waals surface area contributed by atoms with Gasteiger partial charge in [0, 0.05) is 17.8 Å². The van der Waals surface area contributed by atoms with Crippen molar-refractivity contribution in [2.24, 2.45) is 5.92 Å². The molecule has 2 aromatic carbocycles. The van der Waals surface area contributed by atoms with E-state index in [4.69, 9.17) is 9.47 Å². The van der Waals surface area contributed by atoms with E-state index in [2.05, 4.69) is 50.4 Å². The fourth-order valence-electron chi connectivity index (χ4n) is 2.78. The second kappa shape index (κ2) is 12.3. The highest BCUT2D eigenvalue weighted by molar-refractivity contribution is 5.47. The van der Waals surface area contributed by atoms with Crippen LogP contribution in [0.2, 0.25) is 0 Å². The van der Waals surface area contributed by atoms with Gasteiger partial charge in [-0.15, -0.1) is 0 Å². The molecule has 0 fully saturated rings. The van der Waals surface area contributed by atoms with Gasteiger partial charge in [0.1, 0.15) is 11.5 Å². The minimum absolute atomic E-state index is 0.655. The molecule has 0 radical (unpaired) electrons. The Labute approximate surface area is 165 Å². The summed E-state index contributed by atoms with van der Waals surface area (Å²) in [6.45, 7) is 8.97. The number of unbranched alkanes of at least 4 members (excludes halogenated alkanes) is 3. The molecule has 0 bridgehead atoms. The predicted octanol–water partition coefficient (Wildman–Crippen LogP) is 6.68. The van der Waals surface area contributed by atoms with Gasteiger partial charge in [-0.05, 0) is 49.1 Å². The van der Waals surface area contributed by atoms with Gasteiger partial charge in [-0.1, -0.05) is 58.2 Å². The van der Waals surface area contributed by atoms with Crippen molar-refractivity contribution in [2.75, 3.05) is 18.5 Å². The van der Waals surface area contributed by atoms with Gasteiger partial charge < -0.3 is 14.8 Å². The highest BCUT2D eigenvalue weighted by Gasteiger charge is 2.04. The predicted molar refractivity (Wildman–Crippen MR) is 115 cm³/mol. The Bertz CT molecular complexity index is 637. The van der Waals surface area contributed by atoms with Gasteiger partial charge in [0.2, 0.25) is 0 Å². The molecule has 0 aliphatic carbocycles. The first-order chi connectivity index (χ1) is 13.2. The van der Waals surface area contributed by atoms with Crippen LogP contribution >= 0.6 is 0 Å². The molecule has 0 aromatic heterocycles. The third-order valence-electron chi connectivity index (χ3n) is 4.53. The number of ether oxygens (including phenoxy) is 2. The van der Waals surface area contributed by atoms with Crippen LogP contribution in [0.25, 0.3) is 0 Å². The van der Waals surface area contributed by atoms with Gasteiger partial charge in [0.15, 0.2) is 0 Å². The molecule has 148 valence electrons. The van der Waals surface area contributed by atoms with Crippen molar-refractivity contribution in [3.63, 3.8) is 0 Å². The van der Waals surface area contributed by atoms with Gasteiger partial charge in [-0.2, -0.15) is 0 Å². The molecule has 0 saturated carbocycles. The summed E-state index contributed by atoms with van der Waals surface area (Å²) in [7, 11) is 0. The Morgan fingerprint density at radius 1 is 0.852 bits per heavy atom. The number of hydrogen-bond acceptors (Lipinski definition) is 3. The standard InChI is InChI=1S/C24H35NO2/c1-4-5-6-9-17-26-23-14-12-22(13-15-23)25-19-21-10-7-8-11-24(21)27-18-16-20(2)3/h7-8,10-15,20,25H,4-6,9,16-19H2,1-3H3. The lowest BCUT2D eigenvalue weighted by atomic mass is 10.1. The first-order valence-electron chi connectivity index (χ1n) is 10.4. The highest BCUT2D eigenvalue weighted by atomic mass is 16.5. The highest BCUT2D eigenvalue weighted by Crippen LogP contribution is 2.21. The van der Waals surface area contributed by atoms with Crippen molar-refractivity contribution < 1.29 is 9.47 Å². The van der Waals surface area contributed by atoms with E-state index in [0.717, 1.165) is 49.8 Å². The zero-order chi connectivity index (χ0) is 19.3. The maximum Gasteiger partial charge on any atom is 0.124 e. The SMILES string of the molecule is CCCCCCOc1ccc(NCc2ccccc2OCCC(C)C)cc1. The van der Waals surface area contributed by atoms with Crippen LogP contribution < -0.4 is 14.8 Å². The average molecular weight is 370 g/mol. The number of nitrogens with one attached hydrogen (secondary N) is 1. The van der Waals surface area contributed by atoms with Crippen LogP contribution in [-0.4, -0.2) is 13.2 Å². The summed E-state index contributed by atoms with van der Waals surface area (Å²) in [6.07, 6.45) is 5.99.